The molecule has 0 spiro atoms. The van der Waals surface area contributed by atoms with Crippen LogP contribution in [0.15, 0.2) is 0 Å². The molecule has 7 nitrogen and oxygen atoms in total. The minimum absolute atomic E-state index is 0.0558. The fourth-order valence-electron chi connectivity index (χ4n) is 0.727. The second-order valence-electron chi connectivity index (χ2n) is 2.72. The molecule has 0 aromatic rings. The third-order valence-corrected chi connectivity index (χ3v) is 2.32. The molecular weight excluding hydrogens is 262 g/mol. The van der Waals surface area contributed by atoms with Crippen LogP contribution >= 0.6 is 16.1 Å². The number of nitrogens with one attached hydrogen (secondary N) is 1. The summed E-state index contributed by atoms with van der Waals surface area (Å²) in [6.45, 7) is -0.810. The smallest absolute Gasteiger partial charge is 0.211 e. The first kappa shape index (κ1) is 13.9. The summed E-state index contributed by atoms with van der Waals surface area (Å²) >= 11 is 2.53. The Kier molecular flexibility index (Phi) is 5.67. The van der Waals surface area contributed by atoms with Crippen molar-refractivity contribution in [2.45, 2.75) is 24.0 Å². The Hall–Kier alpha value is -0.0900. The summed E-state index contributed by atoms with van der Waals surface area (Å²) < 4.78 is 1.89. The Morgan fingerprint density at radius 2 is 1.93 bits per heavy atom. The van der Waals surface area contributed by atoms with Crippen molar-refractivity contribution in [2.75, 3.05) is 6.61 Å². The zero-order valence-electron chi connectivity index (χ0n) is 7.04. The van der Waals surface area contributed by atoms with Crippen LogP contribution in [0.4, 0.5) is 0 Å². The summed E-state index contributed by atoms with van der Waals surface area (Å²) in [5.74, 6) is 0. The van der Waals surface area contributed by atoms with Gasteiger partial charge in [0.2, 0.25) is 5.72 Å². The summed E-state index contributed by atoms with van der Waals surface area (Å²) in [7, 11) is 0. The fourth-order valence-corrected chi connectivity index (χ4v) is 1.05. The molecule has 0 heterocycles. The van der Waals surface area contributed by atoms with Gasteiger partial charge in [0.25, 0.3) is 0 Å². The third kappa shape index (κ3) is 2.95. The lowest BCUT2D eigenvalue weighted by molar-refractivity contribution is -0.166. The number of halogens is 1. The van der Waals surface area contributed by atoms with E-state index in [1.165, 1.54) is 0 Å². The molecule has 0 unspecified atom stereocenters. The van der Waals surface area contributed by atoms with Crippen LogP contribution in [0.3, 0.4) is 0 Å². The van der Waals surface area contributed by atoms with Gasteiger partial charge < -0.3 is 25.5 Å². The van der Waals surface area contributed by atoms with E-state index in [-0.39, 0.29) is 6.29 Å². The van der Waals surface area contributed by atoms with E-state index in [9.17, 15) is 15.0 Å². The molecule has 4 atom stereocenters. The molecule has 0 saturated carbocycles. The molecule has 0 aliphatic rings. The molecule has 8 heteroatoms. The molecule has 0 radical (unpaired) electrons. The number of hydrogen-bond acceptors (Lipinski definition) is 7. The highest BCUT2D eigenvalue weighted by Crippen LogP contribution is 2.12. The minimum atomic E-state index is -2.43. The summed E-state index contributed by atoms with van der Waals surface area (Å²) in [5.41, 5.74) is -2.43. The molecule has 0 aliphatic heterocycles. The van der Waals surface area contributed by atoms with E-state index in [0.717, 1.165) is 0 Å². The van der Waals surface area contributed by atoms with Crippen LogP contribution in [0.1, 0.15) is 0 Å². The molecule has 0 fully saturated rings. The van der Waals surface area contributed by atoms with Crippen molar-refractivity contribution < 1.29 is 30.3 Å². The van der Waals surface area contributed by atoms with Gasteiger partial charge in [-0.25, -0.2) is 4.34 Å². The fraction of sp³-hybridized carbons (Fsp3) is 0.833. The standard InChI is InChI=1S/C6H12BrNO6/c7-8-6(14,2-10)5(13)4(12)3(11)1-9/h2-5,8-9,11-14H,1H2/t3-,4-,5+,6+/m1/s1. The van der Waals surface area contributed by atoms with Crippen molar-refractivity contribution in [3.8, 4) is 0 Å². The highest BCUT2D eigenvalue weighted by molar-refractivity contribution is 9.08. The van der Waals surface area contributed by atoms with Crippen LogP contribution in [0.5, 0.6) is 0 Å². The van der Waals surface area contributed by atoms with Crippen LogP contribution < -0.4 is 4.34 Å². The molecule has 0 aromatic carbocycles. The van der Waals surface area contributed by atoms with Crippen molar-refractivity contribution in [1.82, 2.24) is 4.34 Å². The van der Waals surface area contributed by atoms with Gasteiger partial charge in [0.1, 0.15) is 18.3 Å². The zero-order valence-corrected chi connectivity index (χ0v) is 8.62. The highest BCUT2D eigenvalue weighted by atomic mass is 79.9. The molecular formula is C6H12BrNO6. The van der Waals surface area contributed by atoms with Crippen LogP contribution in [-0.2, 0) is 4.79 Å². The first-order chi connectivity index (χ1) is 6.42. The Balaban J connectivity index is 4.57. The molecule has 0 amide bonds. The van der Waals surface area contributed by atoms with Crippen molar-refractivity contribution in [1.29, 1.82) is 0 Å². The number of carbonyl (C=O) groups excluding carboxylic acids is 1. The van der Waals surface area contributed by atoms with Crippen molar-refractivity contribution in [3.63, 3.8) is 0 Å². The predicted molar refractivity (Wildman–Crippen MR) is 48.2 cm³/mol. The van der Waals surface area contributed by atoms with E-state index in [1.54, 1.807) is 0 Å². The average Bonchev–Trinajstić information content (AvgIpc) is 2.24. The summed E-state index contributed by atoms with van der Waals surface area (Å²) in [5, 5.41) is 45.0. The van der Waals surface area contributed by atoms with E-state index < -0.39 is 30.6 Å². The zero-order chi connectivity index (χ0) is 11.4. The lowest BCUT2D eigenvalue weighted by Gasteiger charge is -2.30. The predicted octanol–water partition coefficient (Wildman–Crippen LogP) is -3.15. The lowest BCUT2D eigenvalue weighted by atomic mass is 10.00. The molecule has 14 heavy (non-hydrogen) atoms. The van der Waals surface area contributed by atoms with Gasteiger partial charge in [0.15, 0.2) is 6.29 Å². The minimum Gasteiger partial charge on any atom is -0.394 e. The second-order valence-corrected chi connectivity index (χ2v) is 3.12. The topological polar surface area (TPSA) is 130 Å². The van der Waals surface area contributed by atoms with Gasteiger partial charge in [0.05, 0.1) is 6.61 Å². The monoisotopic (exact) mass is 273 g/mol. The van der Waals surface area contributed by atoms with Gasteiger partial charge >= 0.3 is 0 Å². The third-order valence-electron chi connectivity index (χ3n) is 1.69. The molecule has 0 bridgehead atoms. The maximum absolute atomic E-state index is 10.4. The summed E-state index contributed by atoms with van der Waals surface area (Å²) in [6, 6.07) is 0. The van der Waals surface area contributed by atoms with E-state index in [4.69, 9.17) is 15.3 Å². The largest absolute Gasteiger partial charge is 0.394 e. The number of carbonyl (C=O) groups is 1. The number of rotatable bonds is 6. The second kappa shape index (κ2) is 5.71. The normalized spacial score (nSPS) is 22.1. The first-order valence-electron chi connectivity index (χ1n) is 3.64. The molecule has 0 saturated heterocycles. The molecule has 0 aromatic heterocycles. The van der Waals surface area contributed by atoms with Crippen LogP contribution in [0.25, 0.3) is 0 Å². The van der Waals surface area contributed by atoms with Gasteiger partial charge in [0, 0.05) is 16.1 Å². The SMILES string of the molecule is O=C[C@@](O)(NBr)[C@@H](O)[C@H](O)[C@H](O)CO. The summed E-state index contributed by atoms with van der Waals surface area (Å²) in [4.78, 5) is 10.4. The first-order valence-corrected chi connectivity index (χ1v) is 4.43. The van der Waals surface area contributed by atoms with Gasteiger partial charge in [-0.15, -0.1) is 0 Å². The molecule has 0 rings (SSSR count). The Bertz CT molecular complexity index is 193. The number of aldehydes is 1. The van der Waals surface area contributed by atoms with Crippen LogP contribution in [-0.4, -0.2) is 62.5 Å². The van der Waals surface area contributed by atoms with E-state index in [0.29, 0.717) is 0 Å². The van der Waals surface area contributed by atoms with Gasteiger partial charge in [-0.05, 0) is 0 Å². The lowest BCUT2D eigenvalue weighted by Crippen LogP contribution is -2.59. The number of aliphatic hydroxyl groups excluding tert-OH is 4. The number of hydrogen-bond donors (Lipinski definition) is 6. The van der Waals surface area contributed by atoms with E-state index in [2.05, 4.69) is 16.1 Å². The molecule has 0 aliphatic carbocycles. The maximum Gasteiger partial charge on any atom is 0.211 e. The van der Waals surface area contributed by atoms with Crippen LogP contribution in [0, 0.1) is 0 Å². The van der Waals surface area contributed by atoms with Gasteiger partial charge in [-0.2, -0.15) is 0 Å². The van der Waals surface area contributed by atoms with Crippen LogP contribution in [0.2, 0.25) is 0 Å². The average molecular weight is 274 g/mol. The Morgan fingerprint density at radius 3 is 2.21 bits per heavy atom. The van der Waals surface area contributed by atoms with Crippen molar-refractivity contribution in [3.05, 3.63) is 0 Å². The summed E-state index contributed by atoms with van der Waals surface area (Å²) in [6.07, 6.45) is -5.56. The van der Waals surface area contributed by atoms with Gasteiger partial charge in [-0.1, -0.05) is 0 Å². The van der Waals surface area contributed by atoms with E-state index >= 15 is 0 Å². The highest BCUT2D eigenvalue weighted by Gasteiger charge is 2.41. The molecule has 84 valence electrons. The number of aliphatic hydroxyl groups is 5. The molecule has 6 N–H and O–H groups in total. The maximum atomic E-state index is 10.4. The van der Waals surface area contributed by atoms with Crippen molar-refractivity contribution >= 4 is 22.4 Å². The Labute approximate surface area is 88.3 Å². The van der Waals surface area contributed by atoms with Gasteiger partial charge in [-0.3, -0.25) is 4.79 Å². The van der Waals surface area contributed by atoms with E-state index in [1.807, 2.05) is 4.34 Å². The Morgan fingerprint density at radius 1 is 1.43 bits per heavy atom. The van der Waals surface area contributed by atoms with Crippen molar-refractivity contribution in [2.24, 2.45) is 0 Å². The quantitative estimate of drug-likeness (QED) is 0.171.